The van der Waals surface area contributed by atoms with E-state index in [-0.39, 0.29) is 0 Å². The lowest BCUT2D eigenvalue weighted by Gasteiger charge is -1.98. The topological polar surface area (TPSA) is 25.8 Å². The number of nitrogens with zero attached hydrogens (tertiary/aromatic N) is 2. The lowest BCUT2D eigenvalue weighted by molar-refractivity contribution is 1.14. The number of hydrogen-bond donors (Lipinski definition) is 0. The van der Waals surface area contributed by atoms with Crippen LogP contribution in [0.5, 0.6) is 0 Å². The van der Waals surface area contributed by atoms with Gasteiger partial charge in [0.2, 0.25) is 0 Å². The minimum absolute atomic E-state index is 0.877. The first-order chi connectivity index (χ1) is 6.27. The molecule has 0 aliphatic carbocycles. The van der Waals surface area contributed by atoms with Gasteiger partial charge in [-0.3, -0.25) is 0 Å². The summed E-state index contributed by atoms with van der Waals surface area (Å²) in [5, 5.41) is 0. The summed E-state index contributed by atoms with van der Waals surface area (Å²) >= 11 is 0. The normalized spacial score (nSPS) is 11.0. The highest BCUT2D eigenvalue weighted by Gasteiger charge is 1.95. The van der Waals surface area contributed by atoms with Crippen molar-refractivity contribution in [3.63, 3.8) is 0 Å². The third-order valence-electron chi connectivity index (χ3n) is 1.68. The van der Waals surface area contributed by atoms with Gasteiger partial charge in [-0.25, -0.2) is 9.97 Å². The molecule has 0 amide bonds. The third kappa shape index (κ3) is 2.37. The lowest BCUT2D eigenvalue weighted by atomic mass is 10.1. The maximum atomic E-state index is 4.13. The molecule has 66 valence electrons. The van der Waals surface area contributed by atoms with Gasteiger partial charge in [-0.15, -0.1) is 0 Å². The molecule has 0 bridgehead atoms. The van der Waals surface area contributed by atoms with Crippen molar-refractivity contribution in [2.24, 2.45) is 0 Å². The molecular weight excluding hydrogens is 160 g/mol. The Morgan fingerprint density at radius 2 is 2.23 bits per heavy atom. The third-order valence-corrected chi connectivity index (χ3v) is 1.68. The quantitative estimate of drug-likeness (QED) is 0.655. The predicted molar refractivity (Wildman–Crippen MR) is 56.0 cm³/mol. The molecule has 0 spiro atoms. The van der Waals surface area contributed by atoms with Crippen molar-refractivity contribution in [2.75, 3.05) is 0 Å². The Labute approximate surface area is 78.4 Å². The molecule has 2 heteroatoms. The largest absolute Gasteiger partial charge is 0.244 e. The predicted octanol–water partition coefficient (Wildman–Crippen LogP) is 2.71. The first-order valence-electron chi connectivity index (χ1n) is 4.01. The second-order valence-electron chi connectivity index (χ2n) is 2.66. The molecule has 0 aliphatic heterocycles. The summed E-state index contributed by atoms with van der Waals surface area (Å²) in [5.41, 5.74) is 2.88. The Morgan fingerprint density at radius 1 is 1.46 bits per heavy atom. The summed E-state index contributed by atoms with van der Waals surface area (Å²) in [4.78, 5) is 8.04. The van der Waals surface area contributed by atoms with E-state index in [1.54, 1.807) is 18.3 Å². The summed E-state index contributed by atoms with van der Waals surface area (Å²) in [6, 6.07) is 0. The van der Waals surface area contributed by atoms with Crippen LogP contribution in [0.25, 0.3) is 12.2 Å². The Balaban J connectivity index is 3.13. The van der Waals surface area contributed by atoms with Crippen LogP contribution in [-0.4, -0.2) is 9.97 Å². The average molecular weight is 172 g/mol. The van der Waals surface area contributed by atoms with Crippen LogP contribution < -0.4 is 0 Å². The maximum absolute atomic E-state index is 4.13. The van der Waals surface area contributed by atoms with Gasteiger partial charge in [0.1, 0.15) is 6.33 Å². The van der Waals surface area contributed by atoms with Gasteiger partial charge in [0.05, 0.1) is 5.69 Å². The number of allylic oxidation sites excluding steroid dienone is 2. The van der Waals surface area contributed by atoms with Crippen molar-refractivity contribution >= 4 is 12.2 Å². The van der Waals surface area contributed by atoms with Crippen molar-refractivity contribution in [3.05, 3.63) is 48.6 Å². The van der Waals surface area contributed by atoms with Crippen LogP contribution in [0.2, 0.25) is 0 Å². The Morgan fingerprint density at radius 3 is 2.85 bits per heavy atom. The van der Waals surface area contributed by atoms with Crippen LogP contribution in [0, 0.1) is 0 Å². The minimum atomic E-state index is 0.877. The van der Waals surface area contributed by atoms with E-state index in [1.807, 2.05) is 13.0 Å². The second-order valence-corrected chi connectivity index (χ2v) is 2.66. The highest BCUT2D eigenvalue weighted by molar-refractivity contribution is 5.62. The lowest BCUT2D eigenvalue weighted by Crippen LogP contribution is -1.88. The van der Waals surface area contributed by atoms with E-state index in [4.69, 9.17) is 0 Å². The van der Waals surface area contributed by atoms with E-state index in [1.165, 1.54) is 6.33 Å². The zero-order valence-electron chi connectivity index (χ0n) is 7.70. The molecule has 13 heavy (non-hydrogen) atoms. The van der Waals surface area contributed by atoms with E-state index < -0.39 is 0 Å². The Hall–Kier alpha value is -1.70. The van der Waals surface area contributed by atoms with Crippen LogP contribution in [-0.2, 0) is 0 Å². The summed E-state index contributed by atoms with van der Waals surface area (Å²) in [7, 11) is 0. The summed E-state index contributed by atoms with van der Waals surface area (Å²) in [5.74, 6) is 0. The fraction of sp³-hybridized carbons (Fsp3) is 0.0909. The van der Waals surface area contributed by atoms with E-state index in [2.05, 4.69) is 23.1 Å². The molecule has 0 fully saturated rings. The van der Waals surface area contributed by atoms with Crippen molar-refractivity contribution in [1.82, 2.24) is 9.97 Å². The van der Waals surface area contributed by atoms with Crippen LogP contribution in [0.3, 0.4) is 0 Å². The Bertz CT molecular complexity index is 351. The Kier molecular flexibility index (Phi) is 3.15. The van der Waals surface area contributed by atoms with Gasteiger partial charge in [-0.05, 0) is 18.6 Å². The molecule has 2 nitrogen and oxygen atoms in total. The molecule has 0 saturated heterocycles. The van der Waals surface area contributed by atoms with E-state index in [0.29, 0.717) is 0 Å². The summed E-state index contributed by atoms with van der Waals surface area (Å²) < 4.78 is 0. The van der Waals surface area contributed by atoms with Crippen molar-refractivity contribution in [1.29, 1.82) is 0 Å². The molecule has 0 aliphatic rings. The molecule has 0 atom stereocenters. The highest BCUT2D eigenvalue weighted by Crippen LogP contribution is 2.10. The number of hydrogen-bond acceptors (Lipinski definition) is 2. The molecule has 1 rings (SSSR count). The van der Waals surface area contributed by atoms with E-state index in [9.17, 15) is 0 Å². The first kappa shape index (κ1) is 9.39. The standard InChI is InChI=1S/C11H12N2/c1-4-9(3)6-11-10(5-2)7-12-8-13-11/h4-8H,1-2H2,3H3/b9-6-. The molecule has 0 aromatic carbocycles. The molecule has 0 N–H and O–H groups in total. The SMILES string of the molecule is C=C/C(C)=C\c1ncncc1C=C. The van der Waals surface area contributed by atoms with Gasteiger partial charge >= 0.3 is 0 Å². The van der Waals surface area contributed by atoms with Gasteiger partial charge in [0.15, 0.2) is 0 Å². The van der Waals surface area contributed by atoms with Crippen molar-refractivity contribution < 1.29 is 0 Å². The summed E-state index contributed by atoms with van der Waals surface area (Å²) in [6.07, 6.45) is 8.74. The van der Waals surface area contributed by atoms with Crippen molar-refractivity contribution in [2.45, 2.75) is 6.92 Å². The van der Waals surface area contributed by atoms with Crippen LogP contribution in [0.1, 0.15) is 18.2 Å². The van der Waals surface area contributed by atoms with Gasteiger partial charge in [0, 0.05) is 11.8 Å². The van der Waals surface area contributed by atoms with Crippen LogP contribution in [0.15, 0.2) is 37.3 Å². The molecule has 1 heterocycles. The second kappa shape index (κ2) is 4.36. The van der Waals surface area contributed by atoms with Gasteiger partial charge in [0.25, 0.3) is 0 Å². The monoisotopic (exact) mass is 172 g/mol. The number of rotatable bonds is 3. The average Bonchev–Trinajstić information content (AvgIpc) is 2.18. The summed E-state index contributed by atoms with van der Waals surface area (Å²) in [6.45, 7) is 9.34. The molecule has 1 aromatic heterocycles. The smallest absolute Gasteiger partial charge is 0.116 e. The van der Waals surface area contributed by atoms with Gasteiger partial charge in [-0.1, -0.05) is 25.3 Å². The zero-order chi connectivity index (χ0) is 9.68. The van der Waals surface area contributed by atoms with Gasteiger partial charge < -0.3 is 0 Å². The first-order valence-corrected chi connectivity index (χ1v) is 4.01. The number of aromatic nitrogens is 2. The molecule has 1 aromatic rings. The van der Waals surface area contributed by atoms with Crippen LogP contribution in [0.4, 0.5) is 0 Å². The molecular formula is C11H12N2. The fourth-order valence-corrected chi connectivity index (χ4v) is 0.902. The van der Waals surface area contributed by atoms with Crippen molar-refractivity contribution in [3.8, 4) is 0 Å². The van der Waals surface area contributed by atoms with Gasteiger partial charge in [-0.2, -0.15) is 0 Å². The molecule has 0 radical (unpaired) electrons. The minimum Gasteiger partial charge on any atom is -0.244 e. The highest BCUT2D eigenvalue weighted by atomic mass is 14.8. The fourth-order valence-electron chi connectivity index (χ4n) is 0.902. The molecule has 0 unspecified atom stereocenters. The zero-order valence-corrected chi connectivity index (χ0v) is 7.70. The maximum Gasteiger partial charge on any atom is 0.116 e. The van der Waals surface area contributed by atoms with E-state index in [0.717, 1.165) is 16.8 Å². The van der Waals surface area contributed by atoms with E-state index >= 15 is 0 Å². The van der Waals surface area contributed by atoms with Crippen LogP contribution >= 0.6 is 0 Å². The molecule has 0 saturated carbocycles.